The van der Waals surface area contributed by atoms with Gasteiger partial charge in [-0.25, -0.2) is 0 Å². The Morgan fingerprint density at radius 3 is 2.06 bits per heavy atom. The zero-order chi connectivity index (χ0) is 24.2. The predicted molar refractivity (Wildman–Crippen MR) is 127 cm³/mol. The molecule has 0 spiro atoms. The van der Waals surface area contributed by atoms with Crippen LogP contribution in [-0.4, -0.2) is 36.6 Å². The molecule has 0 radical (unpaired) electrons. The van der Waals surface area contributed by atoms with Gasteiger partial charge in [-0.2, -0.15) is 0 Å². The average Bonchev–Trinajstić information content (AvgIpc) is 3.33. The molecule has 0 aliphatic carbocycles. The number of para-hydroxylation sites is 2. The molecule has 0 saturated carbocycles. The van der Waals surface area contributed by atoms with Crippen molar-refractivity contribution in [1.29, 1.82) is 0 Å². The lowest BCUT2D eigenvalue weighted by molar-refractivity contribution is -0.384. The summed E-state index contributed by atoms with van der Waals surface area (Å²) in [6.07, 6.45) is 3.33. The maximum absolute atomic E-state index is 13.7. The van der Waals surface area contributed by atoms with Crippen molar-refractivity contribution in [3.8, 4) is 34.1 Å². The van der Waals surface area contributed by atoms with Crippen molar-refractivity contribution in [1.82, 2.24) is 4.57 Å². The Morgan fingerprint density at radius 1 is 0.853 bits per heavy atom. The van der Waals surface area contributed by atoms with Crippen LogP contribution >= 0.6 is 0 Å². The number of hydrogen-bond donors (Lipinski definition) is 0. The van der Waals surface area contributed by atoms with Gasteiger partial charge in [0, 0.05) is 35.2 Å². The van der Waals surface area contributed by atoms with Gasteiger partial charge in [0.1, 0.15) is 5.69 Å². The molecule has 0 aliphatic rings. The smallest absolute Gasteiger partial charge is 0.293 e. The highest BCUT2D eigenvalue weighted by molar-refractivity contribution is 6.13. The Balaban J connectivity index is 1.92. The summed E-state index contributed by atoms with van der Waals surface area (Å²) in [6.45, 7) is 0. The van der Waals surface area contributed by atoms with Crippen LogP contribution < -0.4 is 14.2 Å². The van der Waals surface area contributed by atoms with E-state index in [1.807, 2.05) is 30.3 Å². The van der Waals surface area contributed by atoms with Gasteiger partial charge in [0.2, 0.25) is 5.75 Å². The highest BCUT2D eigenvalue weighted by atomic mass is 16.6. The number of aromatic nitrogens is 1. The van der Waals surface area contributed by atoms with Gasteiger partial charge in [-0.15, -0.1) is 0 Å². The first-order valence-corrected chi connectivity index (χ1v) is 10.3. The van der Waals surface area contributed by atoms with Crippen molar-refractivity contribution >= 4 is 11.5 Å². The fourth-order valence-corrected chi connectivity index (χ4v) is 3.83. The predicted octanol–water partition coefficient (Wildman–Crippen LogP) is 5.31. The summed E-state index contributed by atoms with van der Waals surface area (Å²) >= 11 is 0. The lowest BCUT2D eigenvalue weighted by atomic mass is 9.97. The van der Waals surface area contributed by atoms with E-state index >= 15 is 0 Å². The topological polar surface area (TPSA) is 92.8 Å². The van der Waals surface area contributed by atoms with Crippen molar-refractivity contribution in [3.63, 3.8) is 0 Å². The number of hydrogen-bond acceptors (Lipinski definition) is 6. The lowest BCUT2D eigenvalue weighted by Gasteiger charge is -2.14. The summed E-state index contributed by atoms with van der Waals surface area (Å²) in [5.74, 6) is 0.784. The van der Waals surface area contributed by atoms with E-state index in [1.54, 1.807) is 47.3 Å². The number of ketones is 1. The largest absolute Gasteiger partial charge is 0.493 e. The number of ether oxygens (including phenoxy) is 3. The monoisotopic (exact) mass is 458 g/mol. The Labute approximate surface area is 196 Å². The number of carbonyl (C=O) groups excluding carboxylic acids is 1. The molecule has 1 heterocycles. The van der Waals surface area contributed by atoms with E-state index in [2.05, 4.69) is 0 Å². The number of rotatable bonds is 8. The van der Waals surface area contributed by atoms with Crippen molar-refractivity contribution in [2.45, 2.75) is 0 Å². The van der Waals surface area contributed by atoms with Gasteiger partial charge in [0.05, 0.1) is 26.3 Å². The number of methoxy groups -OCH3 is 3. The molecule has 8 nitrogen and oxygen atoms in total. The lowest BCUT2D eigenvalue weighted by Crippen LogP contribution is -2.05. The summed E-state index contributed by atoms with van der Waals surface area (Å²) in [7, 11) is 4.44. The third-order valence-electron chi connectivity index (χ3n) is 5.44. The molecule has 0 unspecified atom stereocenters. The van der Waals surface area contributed by atoms with Gasteiger partial charge < -0.3 is 18.8 Å². The maximum atomic E-state index is 13.7. The van der Waals surface area contributed by atoms with Crippen LogP contribution in [0.2, 0.25) is 0 Å². The van der Waals surface area contributed by atoms with Crippen molar-refractivity contribution in [3.05, 3.63) is 100 Å². The Morgan fingerprint density at radius 2 is 1.47 bits per heavy atom. The molecule has 34 heavy (non-hydrogen) atoms. The maximum Gasteiger partial charge on any atom is 0.293 e. The normalized spacial score (nSPS) is 10.6. The SMILES string of the molecule is COc1cc(C(=O)c2cn(-c3ccccc3[N+](=O)[O-])cc2-c2ccccc2)cc(OC)c1OC. The first kappa shape index (κ1) is 22.6. The third-order valence-corrected chi connectivity index (χ3v) is 5.44. The Hall–Kier alpha value is -4.59. The Bertz CT molecular complexity index is 1340. The molecule has 0 bridgehead atoms. The molecule has 0 amide bonds. The van der Waals surface area contributed by atoms with Crippen molar-refractivity contribution in [2.24, 2.45) is 0 Å². The second-order valence-electron chi connectivity index (χ2n) is 7.35. The van der Waals surface area contributed by atoms with Gasteiger partial charge in [-0.3, -0.25) is 14.9 Å². The van der Waals surface area contributed by atoms with Crippen LogP contribution in [0.5, 0.6) is 17.2 Å². The summed E-state index contributed by atoms with van der Waals surface area (Å²) in [5.41, 5.74) is 2.43. The number of carbonyl (C=O) groups is 1. The van der Waals surface area contributed by atoms with Crippen LogP contribution in [0.15, 0.2) is 79.1 Å². The van der Waals surface area contributed by atoms with Gasteiger partial charge in [-0.05, 0) is 23.8 Å². The van der Waals surface area contributed by atoms with Crippen LogP contribution in [0.4, 0.5) is 5.69 Å². The van der Waals surface area contributed by atoms with Crippen molar-refractivity contribution < 1.29 is 23.9 Å². The summed E-state index contributed by atoms with van der Waals surface area (Å²) in [6, 6.07) is 18.9. The third kappa shape index (κ3) is 4.09. The van der Waals surface area contributed by atoms with E-state index in [-0.39, 0.29) is 11.5 Å². The Kier molecular flexibility index (Phi) is 6.31. The molecule has 4 rings (SSSR count). The standard InChI is InChI=1S/C26H22N2O6/c1-32-23-13-18(14-24(33-2)26(23)34-3)25(29)20-16-27(15-19(20)17-9-5-4-6-10-17)21-11-7-8-12-22(21)28(30)31/h4-16H,1-3H3. The molecule has 0 N–H and O–H groups in total. The number of nitrogens with zero attached hydrogens (tertiary/aromatic N) is 2. The highest BCUT2D eigenvalue weighted by Gasteiger charge is 2.24. The molecular formula is C26H22N2O6. The van der Waals surface area contributed by atoms with E-state index in [1.165, 1.54) is 27.4 Å². The number of nitro groups is 1. The number of benzene rings is 3. The molecule has 1 aromatic heterocycles. The minimum atomic E-state index is -0.446. The minimum absolute atomic E-state index is 0.0658. The molecular weight excluding hydrogens is 436 g/mol. The zero-order valence-electron chi connectivity index (χ0n) is 18.8. The summed E-state index contributed by atoms with van der Waals surface area (Å²) in [4.78, 5) is 24.9. The first-order valence-electron chi connectivity index (χ1n) is 10.3. The second kappa shape index (κ2) is 9.50. The van der Waals surface area contributed by atoms with E-state index in [0.29, 0.717) is 39.6 Å². The molecule has 0 aliphatic heterocycles. The molecule has 0 fully saturated rings. The summed E-state index contributed by atoms with van der Waals surface area (Å²) in [5, 5.41) is 11.6. The first-order chi connectivity index (χ1) is 16.5. The molecule has 4 aromatic rings. The second-order valence-corrected chi connectivity index (χ2v) is 7.35. The van der Waals surface area contributed by atoms with E-state index in [9.17, 15) is 14.9 Å². The molecule has 8 heteroatoms. The fraction of sp³-hybridized carbons (Fsp3) is 0.115. The fourth-order valence-electron chi connectivity index (χ4n) is 3.83. The van der Waals surface area contributed by atoms with Crippen LogP contribution in [0.3, 0.4) is 0 Å². The zero-order valence-corrected chi connectivity index (χ0v) is 18.8. The molecule has 0 atom stereocenters. The molecule has 3 aromatic carbocycles. The molecule has 172 valence electrons. The quantitative estimate of drug-likeness (QED) is 0.202. The van der Waals surface area contributed by atoms with Crippen LogP contribution in [0.1, 0.15) is 15.9 Å². The van der Waals surface area contributed by atoms with Gasteiger partial charge >= 0.3 is 0 Å². The van der Waals surface area contributed by atoms with Gasteiger partial charge in [-0.1, -0.05) is 42.5 Å². The van der Waals surface area contributed by atoms with Gasteiger partial charge in [0.25, 0.3) is 5.69 Å². The molecule has 0 saturated heterocycles. The van der Waals surface area contributed by atoms with E-state index in [0.717, 1.165) is 5.56 Å². The van der Waals surface area contributed by atoms with E-state index < -0.39 is 4.92 Å². The van der Waals surface area contributed by atoms with Crippen LogP contribution in [0, 0.1) is 10.1 Å². The summed E-state index contributed by atoms with van der Waals surface area (Å²) < 4.78 is 17.8. The van der Waals surface area contributed by atoms with Crippen LogP contribution in [-0.2, 0) is 0 Å². The van der Waals surface area contributed by atoms with E-state index in [4.69, 9.17) is 14.2 Å². The highest BCUT2D eigenvalue weighted by Crippen LogP contribution is 2.39. The van der Waals surface area contributed by atoms with Crippen molar-refractivity contribution in [2.75, 3.05) is 21.3 Å². The van der Waals surface area contributed by atoms with Crippen LogP contribution in [0.25, 0.3) is 16.8 Å². The van der Waals surface area contributed by atoms with Gasteiger partial charge in [0.15, 0.2) is 17.3 Å². The average molecular weight is 458 g/mol. The minimum Gasteiger partial charge on any atom is -0.493 e. The number of nitro benzene ring substituents is 1.